The summed E-state index contributed by atoms with van der Waals surface area (Å²) in [7, 11) is 5.94. The van der Waals surface area contributed by atoms with Gasteiger partial charge in [-0.2, -0.15) is 0 Å². The molecule has 1 saturated heterocycles. The van der Waals surface area contributed by atoms with Gasteiger partial charge < -0.3 is 29.4 Å². The monoisotopic (exact) mass is 522 g/mol. The first-order chi connectivity index (χ1) is 17.9. The predicted octanol–water partition coefficient (Wildman–Crippen LogP) is 0.750. The first kappa shape index (κ1) is 29.9. The van der Waals surface area contributed by atoms with E-state index in [1.165, 1.54) is 5.56 Å². The molecule has 10 nitrogen and oxygen atoms in total. The van der Waals surface area contributed by atoms with Crippen LogP contribution in [0.25, 0.3) is 0 Å². The van der Waals surface area contributed by atoms with Crippen LogP contribution in [0.1, 0.15) is 31.2 Å². The van der Waals surface area contributed by atoms with Crippen LogP contribution in [0.5, 0.6) is 0 Å². The Bertz CT molecular complexity index is 788. The second-order valence-corrected chi connectivity index (χ2v) is 10.2. The Kier molecular flexibility index (Phi) is 12.2. The largest absolute Gasteiger partial charge is 0.382 e. The highest BCUT2D eigenvalue weighted by atomic mass is 16.6. The molecule has 1 aliphatic carbocycles. The third-order valence-electron chi connectivity index (χ3n) is 7.58. The van der Waals surface area contributed by atoms with Gasteiger partial charge in [-0.15, -0.1) is 0 Å². The number of nitrogens with one attached hydrogen (secondary N) is 2. The summed E-state index contributed by atoms with van der Waals surface area (Å²) in [6.07, 6.45) is 3.04. The third kappa shape index (κ3) is 8.69. The molecule has 2 aliphatic rings. The maximum atomic E-state index is 12.5. The molecule has 1 spiro atoms. The molecular formula is C27H46N4O6. The second-order valence-electron chi connectivity index (χ2n) is 10.2. The maximum Gasteiger partial charge on any atom is 0.234 e. The lowest BCUT2D eigenvalue weighted by molar-refractivity contribution is -0.124. The van der Waals surface area contributed by atoms with E-state index in [9.17, 15) is 9.90 Å². The number of carbonyl (C=O) groups excluding carboxylic acids is 1. The number of aliphatic hydroxyl groups is 1. The SMILES string of the molecule is COCCOCCOCCOCCNC(=O)CN1CC2(CCC(c3ccccc3)(N(C)C)CC2)NC1O. The van der Waals surface area contributed by atoms with Gasteiger partial charge in [-0.1, -0.05) is 30.3 Å². The van der Waals surface area contributed by atoms with Crippen molar-refractivity contribution in [1.82, 2.24) is 20.4 Å². The van der Waals surface area contributed by atoms with E-state index in [2.05, 4.69) is 60.0 Å². The van der Waals surface area contributed by atoms with E-state index in [4.69, 9.17) is 18.9 Å². The summed E-state index contributed by atoms with van der Waals surface area (Å²) >= 11 is 0. The molecule has 3 N–H and O–H groups in total. The van der Waals surface area contributed by atoms with Gasteiger partial charge in [0.05, 0.1) is 52.8 Å². The van der Waals surface area contributed by atoms with Crippen LogP contribution in [0.15, 0.2) is 30.3 Å². The zero-order valence-corrected chi connectivity index (χ0v) is 22.7. The molecule has 1 amide bonds. The van der Waals surface area contributed by atoms with Gasteiger partial charge in [-0.3, -0.25) is 19.9 Å². The number of benzene rings is 1. The van der Waals surface area contributed by atoms with Crippen LogP contribution in [0.4, 0.5) is 0 Å². The lowest BCUT2D eigenvalue weighted by atomic mass is 9.69. The standard InChI is InChI=1S/C27H46N4O6/c1-30(2)27(23-7-5-4-6-8-23)11-9-26(10-12-27)22-31(25(33)29-26)21-24(32)28-13-14-35-17-18-37-20-19-36-16-15-34-3/h4-8,25,29,33H,9-22H2,1-3H3,(H,28,32). The molecule has 1 aromatic rings. The Hall–Kier alpha value is -1.63. The molecule has 0 radical (unpaired) electrons. The van der Waals surface area contributed by atoms with Gasteiger partial charge in [0, 0.05) is 31.3 Å². The molecule has 1 saturated carbocycles. The molecule has 1 atom stereocenters. The molecule has 0 bridgehead atoms. The highest BCUT2D eigenvalue weighted by Gasteiger charge is 2.50. The lowest BCUT2D eigenvalue weighted by Crippen LogP contribution is -2.54. The maximum absolute atomic E-state index is 12.5. The molecular weight excluding hydrogens is 476 g/mol. The average molecular weight is 523 g/mol. The molecule has 210 valence electrons. The molecule has 1 unspecified atom stereocenters. The fraction of sp³-hybridized carbons (Fsp3) is 0.741. The zero-order chi connectivity index (χ0) is 26.6. The van der Waals surface area contributed by atoms with Crippen LogP contribution in [-0.4, -0.2) is 120 Å². The number of carbonyl (C=O) groups is 1. The smallest absolute Gasteiger partial charge is 0.234 e. The van der Waals surface area contributed by atoms with E-state index in [1.807, 2.05) is 4.90 Å². The number of nitrogens with zero attached hydrogens (tertiary/aromatic N) is 2. The van der Waals surface area contributed by atoms with Crippen molar-refractivity contribution >= 4 is 5.91 Å². The minimum Gasteiger partial charge on any atom is -0.382 e. The van der Waals surface area contributed by atoms with Gasteiger partial charge in [0.15, 0.2) is 6.35 Å². The molecule has 10 heteroatoms. The third-order valence-corrected chi connectivity index (χ3v) is 7.58. The highest BCUT2D eigenvalue weighted by molar-refractivity contribution is 5.78. The van der Waals surface area contributed by atoms with Gasteiger partial charge in [0.25, 0.3) is 0 Å². The Labute approximate surface area is 221 Å². The van der Waals surface area contributed by atoms with Crippen molar-refractivity contribution in [3.63, 3.8) is 0 Å². The number of amides is 1. The summed E-state index contributed by atoms with van der Waals surface area (Å²) in [6.45, 7) is 4.77. The first-order valence-electron chi connectivity index (χ1n) is 13.3. The number of methoxy groups -OCH3 is 1. The summed E-state index contributed by atoms with van der Waals surface area (Å²) in [5.74, 6) is -0.117. The van der Waals surface area contributed by atoms with Crippen molar-refractivity contribution in [2.75, 3.05) is 87.1 Å². The van der Waals surface area contributed by atoms with Gasteiger partial charge >= 0.3 is 0 Å². The van der Waals surface area contributed by atoms with Crippen LogP contribution in [0.2, 0.25) is 0 Å². The predicted molar refractivity (Wildman–Crippen MR) is 141 cm³/mol. The summed E-state index contributed by atoms with van der Waals surface area (Å²) in [5, 5.41) is 16.9. The quantitative estimate of drug-likeness (QED) is 0.271. The van der Waals surface area contributed by atoms with Crippen molar-refractivity contribution < 1.29 is 28.8 Å². The average Bonchev–Trinajstić information content (AvgIpc) is 3.19. The van der Waals surface area contributed by atoms with Gasteiger partial charge in [0.1, 0.15) is 0 Å². The number of aliphatic hydroxyl groups excluding tert-OH is 1. The normalized spacial score (nSPS) is 26.2. The Balaban J connectivity index is 1.31. The van der Waals surface area contributed by atoms with Gasteiger partial charge in [0.2, 0.25) is 5.91 Å². The van der Waals surface area contributed by atoms with E-state index in [0.717, 1.165) is 25.7 Å². The number of hydrogen-bond acceptors (Lipinski definition) is 9. The molecule has 37 heavy (non-hydrogen) atoms. The van der Waals surface area contributed by atoms with Crippen LogP contribution in [0.3, 0.4) is 0 Å². The molecule has 3 rings (SSSR count). The van der Waals surface area contributed by atoms with Crippen LogP contribution in [-0.2, 0) is 29.3 Å². The van der Waals surface area contributed by atoms with E-state index >= 15 is 0 Å². The van der Waals surface area contributed by atoms with Crippen molar-refractivity contribution in [3.05, 3.63) is 35.9 Å². The van der Waals surface area contributed by atoms with Crippen molar-refractivity contribution in [1.29, 1.82) is 0 Å². The minimum absolute atomic E-state index is 0.00713. The topological polar surface area (TPSA) is 105 Å². The number of rotatable bonds is 16. The van der Waals surface area contributed by atoms with Crippen LogP contribution >= 0.6 is 0 Å². The highest BCUT2D eigenvalue weighted by Crippen LogP contribution is 2.46. The summed E-state index contributed by atoms with van der Waals surface area (Å²) in [5.41, 5.74) is 1.16. The first-order valence-corrected chi connectivity index (χ1v) is 13.3. The number of hydrogen-bond donors (Lipinski definition) is 3. The Morgan fingerprint density at radius 3 is 2.19 bits per heavy atom. The Morgan fingerprint density at radius 2 is 1.59 bits per heavy atom. The second kappa shape index (κ2) is 15.1. The van der Waals surface area contributed by atoms with Crippen molar-refractivity contribution in [2.45, 2.75) is 43.1 Å². The van der Waals surface area contributed by atoms with E-state index in [-0.39, 0.29) is 23.5 Å². The number of ether oxygens (including phenoxy) is 4. The van der Waals surface area contributed by atoms with Crippen molar-refractivity contribution in [3.8, 4) is 0 Å². The fourth-order valence-electron chi connectivity index (χ4n) is 5.40. The molecule has 1 heterocycles. The lowest BCUT2D eigenvalue weighted by Gasteiger charge is -2.49. The summed E-state index contributed by atoms with van der Waals surface area (Å²) in [6, 6.07) is 10.7. The van der Waals surface area contributed by atoms with Gasteiger partial charge in [-0.05, 0) is 45.3 Å². The summed E-state index contributed by atoms with van der Waals surface area (Å²) < 4.78 is 21.1. The van der Waals surface area contributed by atoms with Crippen molar-refractivity contribution in [2.24, 2.45) is 0 Å². The van der Waals surface area contributed by atoms with Crippen LogP contribution in [0, 0.1) is 0 Å². The minimum atomic E-state index is -0.818. The molecule has 1 aliphatic heterocycles. The van der Waals surface area contributed by atoms with E-state index < -0.39 is 6.35 Å². The van der Waals surface area contributed by atoms with Crippen LogP contribution < -0.4 is 10.6 Å². The molecule has 1 aromatic carbocycles. The zero-order valence-electron chi connectivity index (χ0n) is 22.7. The Morgan fingerprint density at radius 1 is 1.00 bits per heavy atom. The fourth-order valence-corrected chi connectivity index (χ4v) is 5.40. The molecule has 2 fully saturated rings. The van der Waals surface area contributed by atoms with E-state index in [0.29, 0.717) is 59.3 Å². The summed E-state index contributed by atoms with van der Waals surface area (Å²) in [4.78, 5) is 16.6. The van der Waals surface area contributed by atoms with E-state index in [1.54, 1.807) is 7.11 Å². The molecule has 0 aromatic heterocycles. The van der Waals surface area contributed by atoms with Gasteiger partial charge in [-0.25, -0.2) is 0 Å².